The number of ether oxygens (including phenoxy) is 1. The van der Waals surface area contributed by atoms with E-state index in [0.717, 1.165) is 18.7 Å². The lowest BCUT2D eigenvalue weighted by Gasteiger charge is -2.17. The van der Waals surface area contributed by atoms with Gasteiger partial charge in [-0.05, 0) is 20.3 Å². The van der Waals surface area contributed by atoms with Crippen molar-refractivity contribution in [1.82, 2.24) is 9.97 Å². The van der Waals surface area contributed by atoms with Gasteiger partial charge in [-0.1, -0.05) is 19.8 Å². The number of aromatic nitrogens is 2. The highest BCUT2D eigenvalue weighted by molar-refractivity contribution is 5.38. The van der Waals surface area contributed by atoms with Gasteiger partial charge in [0, 0.05) is 18.7 Å². The largest absolute Gasteiger partial charge is 0.475 e. The molecule has 0 saturated heterocycles. The molecule has 0 aliphatic carbocycles. The summed E-state index contributed by atoms with van der Waals surface area (Å²) < 4.78 is 5.53. The average molecular weight is 252 g/mol. The van der Waals surface area contributed by atoms with Gasteiger partial charge in [0.25, 0.3) is 0 Å². The quantitative estimate of drug-likeness (QED) is 0.742. The van der Waals surface area contributed by atoms with E-state index in [9.17, 15) is 0 Å². The summed E-state index contributed by atoms with van der Waals surface area (Å²) in [6.07, 6.45) is 5.00. The average Bonchev–Trinajstić information content (AvgIpc) is 2.34. The minimum atomic E-state index is 0.109. The van der Waals surface area contributed by atoms with Crippen molar-refractivity contribution in [3.8, 4) is 5.88 Å². The Kier molecular flexibility index (Phi) is 6.43. The lowest BCUT2D eigenvalue weighted by molar-refractivity contribution is 0.232. The minimum Gasteiger partial charge on any atom is -0.475 e. The zero-order valence-electron chi connectivity index (χ0n) is 11.5. The number of anilines is 1. The summed E-state index contributed by atoms with van der Waals surface area (Å²) in [5.74, 6) is 1.36. The van der Waals surface area contributed by atoms with Gasteiger partial charge < -0.3 is 15.8 Å². The van der Waals surface area contributed by atoms with Crippen molar-refractivity contribution in [3.63, 3.8) is 0 Å². The molecule has 1 aromatic rings. The van der Waals surface area contributed by atoms with Crippen LogP contribution >= 0.6 is 0 Å². The molecule has 0 fully saturated rings. The highest BCUT2D eigenvalue weighted by atomic mass is 16.5. The first-order valence-electron chi connectivity index (χ1n) is 6.61. The predicted octanol–water partition coefficient (Wildman–Crippen LogP) is 2.19. The van der Waals surface area contributed by atoms with E-state index < -0.39 is 0 Å². The molecule has 1 heterocycles. The van der Waals surface area contributed by atoms with Crippen molar-refractivity contribution < 1.29 is 4.74 Å². The van der Waals surface area contributed by atoms with E-state index in [4.69, 9.17) is 10.5 Å². The van der Waals surface area contributed by atoms with Crippen molar-refractivity contribution in [2.75, 3.05) is 11.9 Å². The van der Waals surface area contributed by atoms with E-state index in [0.29, 0.717) is 12.4 Å². The van der Waals surface area contributed by atoms with Crippen molar-refractivity contribution in [2.24, 2.45) is 5.73 Å². The molecule has 18 heavy (non-hydrogen) atoms. The molecule has 1 atom stereocenters. The molecule has 1 unspecified atom stereocenters. The first-order chi connectivity index (χ1) is 8.65. The van der Waals surface area contributed by atoms with Crippen LogP contribution in [0, 0.1) is 0 Å². The summed E-state index contributed by atoms with van der Waals surface area (Å²) >= 11 is 0. The van der Waals surface area contributed by atoms with Gasteiger partial charge in [-0.3, -0.25) is 0 Å². The van der Waals surface area contributed by atoms with Crippen LogP contribution in [-0.4, -0.2) is 28.7 Å². The summed E-state index contributed by atoms with van der Waals surface area (Å²) in [7, 11) is 0. The fraction of sp³-hybridized carbons (Fsp3) is 0.692. The normalized spacial score (nSPS) is 12.5. The van der Waals surface area contributed by atoms with Gasteiger partial charge in [-0.2, -0.15) is 0 Å². The maximum absolute atomic E-state index is 5.74. The highest BCUT2D eigenvalue weighted by Crippen LogP contribution is 2.14. The zero-order chi connectivity index (χ0) is 13.4. The molecular formula is C13H24N4O. The second-order valence-electron chi connectivity index (χ2n) is 4.63. The number of nitrogens with zero attached hydrogens (tertiary/aromatic N) is 2. The molecule has 0 saturated carbocycles. The predicted molar refractivity (Wildman–Crippen MR) is 73.8 cm³/mol. The molecule has 1 rings (SSSR count). The molecule has 0 aromatic carbocycles. The van der Waals surface area contributed by atoms with Crippen LogP contribution in [0.5, 0.6) is 5.88 Å². The Morgan fingerprint density at radius 1 is 1.39 bits per heavy atom. The third kappa shape index (κ3) is 5.31. The molecule has 0 bridgehead atoms. The Labute approximate surface area is 109 Å². The van der Waals surface area contributed by atoms with E-state index in [1.54, 1.807) is 0 Å². The fourth-order valence-electron chi connectivity index (χ4n) is 1.63. The molecule has 3 N–H and O–H groups in total. The Morgan fingerprint density at radius 2 is 2.17 bits per heavy atom. The van der Waals surface area contributed by atoms with Crippen molar-refractivity contribution >= 4 is 5.82 Å². The fourth-order valence-corrected chi connectivity index (χ4v) is 1.63. The Balaban J connectivity index is 2.59. The van der Waals surface area contributed by atoms with Crippen LogP contribution in [0.4, 0.5) is 5.82 Å². The number of nitrogens with two attached hydrogens (primary N) is 1. The summed E-state index contributed by atoms with van der Waals surface area (Å²) in [6.45, 7) is 6.72. The van der Waals surface area contributed by atoms with Gasteiger partial charge in [0.05, 0.1) is 6.10 Å². The summed E-state index contributed by atoms with van der Waals surface area (Å²) in [5, 5.41) is 3.32. The van der Waals surface area contributed by atoms with Crippen LogP contribution in [0.3, 0.4) is 0 Å². The maximum atomic E-state index is 5.74. The first kappa shape index (κ1) is 14.7. The number of nitrogens with one attached hydrogen (secondary N) is 1. The standard InChI is InChI=1S/C13H24N4O/c1-4-5-6-11(8-14)17-12-7-13(16-9-15-12)18-10(2)3/h7,9-11H,4-6,8,14H2,1-3H3,(H,15,16,17). The molecule has 0 spiro atoms. The van der Waals surface area contributed by atoms with Crippen LogP contribution in [0.2, 0.25) is 0 Å². The van der Waals surface area contributed by atoms with Gasteiger partial charge in [-0.25, -0.2) is 9.97 Å². The molecule has 0 amide bonds. The smallest absolute Gasteiger partial charge is 0.218 e. The first-order valence-corrected chi connectivity index (χ1v) is 6.61. The highest BCUT2D eigenvalue weighted by Gasteiger charge is 2.08. The second-order valence-corrected chi connectivity index (χ2v) is 4.63. The monoisotopic (exact) mass is 252 g/mol. The molecular weight excluding hydrogens is 228 g/mol. The SMILES string of the molecule is CCCCC(CN)Nc1cc(OC(C)C)ncn1. The van der Waals surface area contributed by atoms with E-state index in [1.165, 1.54) is 12.7 Å². The minimum absolute atomic E-state index is 0.109. The van der Waals surface area contributed by atoms with Gasteiger partial charge in [-0.15, -0.1) is 0 Å². The zero-order valence-corrected chi connectivity index (χ0v) is 11.5. The van der Waals surface area contributed by atoms with Crippen LogP contribution in [-0.2, 0) is 0 Å². The molecule has 5 nitrogen and oxygen atoms in total. The van der Waals surface area contributed by atoms with Crippen molar-refractivity contribution in [2.45, 2.75) is 52.2 Å². The molecule has 102 valence electrons. The van der Waals surface area contributed by atoms with Crippen LogP contribution in [0.25, 0.3) is 0 Å². The van der Waals surface area contributed by atoms with Gasteiger partial charge in [0.15, 0.2) is 0 Å². The van der Waals surface area contributed by atoms with E-state index >= 15 is 0 Å². The van der Waals surface area contributed by atoms with Crippen LogP contribution in [0.15, 0.2) is 12.4 Å². The summed E-state index contributed by atoms with van der Waals surface area (Å²) in [5.41, 5.74) is 5.74. The number of rotatable bonds is 8. The summed E-state index contributed by atoms with van der Waals surface area (Å²) in [4.78, 5) is 8.25. The Hall–Kier alpha value is -1.36. The third-order valence-corrected chi connectivity index (χ3v) is 2.54. The summed E-state index contributed by atoms with van der Waals surface area (Å²) in [6, 6.07) is 2.07. The van der Waals surface area contributed by atoms with E-state index in [-0.39, 0.29) is 12.1 Å². The van der Waals surface area contributed by atoms with Gasteiger partial charge >= 0.3 is 0 Å². The molecule has 0 aliphatic heterocycles. The number of unbranched alkanes of at least 4 members (excludes halogenated alkanes) is 1. The topological polar surface area (TPSA) is 73.1 Å². The molecule has 0 radical (unpaired) electrons. The van der Waals surface area contributed by atoms with Gasteiger partial charge in [0.2, 0.25) is 5.88 Å². The Bertz CT molecular complexity index is 344. The van der Waals surface area contributed by atoms with Gasteiger partial charge in [0.1, 0.15) is 12.1 Å². The molecule has 0 aliphatic rings. The van der Waals surface area contributed by atoms with E-state index in [1.807, 2.05) is 19.9 Å². The maximum Gasteiger partial charge on any atom is 0.218 e. The molecule has 1 aromatic heterocycles. The number of hydrogen-bond acceptors (Lipinski definition) is 5. The van der Waals surface area contributed by atoms with Crippen molar-refractivity contribution in [1.29, 1.82) is 0 Å². The van der Waals surface area contributed by atoms with E-state index in [2.05, 4.69) is 22.2 Å². The lowest BCUT2D eigenvalue weighted by Crippen LogP contribution is -2.29. The van der Waals surface area contributed by atoms with Crippen LogP contribution in [0.1, 0.15) is 40.0 Å². The second kappa shape index (κ2) is 7.87. The molecule has 5 heteroatoms. The number of hydrogen-bond donors (Lipinski definition) is 2. The Morgan fingerprint density at radius 3 is 2.78 bits per heavy atom. The third-order valence-electron chi connectivity index (χ3n) is 2.54. The van der Waals surface area contributed by atoms with Crippen molar-refractivity contribution in [3.05, 3.63) is 12.4 Å². The lowest BCUT2D eigenvalue weighted by atomic mass is 10.1. The van der Waals surface area contributed by atoms with Crippen LogP contribution < -0.4 is 15.8 Å².